The highest BCUT2D eigenvalue weighted by atomic mass is 16.2. The molecule has 1 heterocycles. The summed E-state index contributed by atoms with van der Waals surface area (Å²) in [5.74, 6) is -0.202. The van der Waals surface area contributed by atoms with Gasteiger partial charge in [0, 0.05) is 32.4 Å². The summed E-state index contributed by atoms with van der Waals surface area (Å²) in [6.45, 7) is 1.49. The van der Waals surface area contributed by atoms with Crippen molar-refractivity contribution in [2.45, 2.75) is 18.9 Å². The molecule has 1 amide bonds. The second-order valence-corrected chi connectivity index (χ2v) is 4.57. The maximum Gasteiger partial charge on any atom is 0.273 e. The third kappa shape index (κ3) is 2.97. The first-order valence-electron chi connectivity index (χ1n) is 5.85. The van der Waals surface area contributed by atoms with Crippen molar-refractivity contribution in [1.29, 1.82) is 0 Å². The van der Waals surface area contributed by atoms with Gasteiger partial charge < -0.3 is 16.0 Å². The molecule has 3 N–H and O–H groups in total. The molecule has 94 valence electrons. The molecule has 17 heavy (non-hydrogen) atoms. The monoisotopic (exact) mass is 237 g/mol. The molecular weight excluding hydrogens is 218 g/mol. The van der Waals surface area contributed by atoms with Crippen LogP contribution in [0.1, 0.15) is 23.3 Å². The smallest absolute Gasteiger partial charge is 0.273 e. The van der Waals surface area contributed by atoms with E-state index >= 15 is 0 Å². The van der Waals surface area contributed by atoms with Crippen LogP contribution in [-0.4, -0.2) is 46.8 Å². The molecule has 6 nitrogen and oxygen atoms in total. The molecule has 1 aliphatic rings. The van der Waals surface area contributed by atoms with E-state index in [2.05, 4.69) is 22.4 Å². The first-order valence-corrected chi connectivity index (χ1v) is 5.85. The summed E-state index contributed by atoms with van der Waals surface area (Å²) in [7, 11) is 3.83. The lowest BCUT2D eigenvalue weighted by Gasteiger charge is -2.15. The summed E-state index contributed by atoms with van der Waals surface area (Å²) in [6, 6.07) is 0.715. The van der Waals surface area contributed by atoms with E-state index in [4.69, 9.17) is 5.73 Å². The Kier molecular flexibility index (Phi) is 3.33. The van der Waals surface area contributed by atoms with Crippen molar-refractivity contribution < 1.29 is 4.79 Å². The molecule has 0 atom stereocenters. The fourth-order valence-electron chi connectivity index (χ4n) is 1.81. The van der Waals surface area contributed by atoms with E-state index in [1.165, 1.54) is 12.8 Å². The van der Waals surface area contributed by atoms with Crippen molar-refractivity contribution in [3.05, 3.63) is 11.9 Å². The maximum absolute atomic E-state index is 11.8. The van der Waals surface area contributed by atoms with Crippen molar-refractivity contribution in [2.75, 3.05) is 25.9 Å². The number of nitrogens with two attached hydrogens (primary N) is 1. The molecule has 6 heteroatoms. The van der Waals surface area contributed by atoms with Gasteiger partial charge in [-0.25, -0.2) is 0 Å². The van der Waals surface area contributed by atoms with Gasteiger partial charge in [-0.05, 0) is 19.9 Å². The predicted molar refractivity (Wildman–Crippen MR) is 65.6 cm³/mol. The molecule has 1 aromatic rings. The number of nitrogen functional groups attached to an aromatic ring is 1. The Labute approximate surface area is 101 Å². The molecular formula is C11H19N5O. The topological polar surface area (TPSA) is 76.2 Å². The minimum absolute atomic E-state index is 0.202. The summed E-state index contributed by atoms with van der Waals surface area (Å²) in [6.07, 6.45) is 4.18. The Balaban J connectivity index is 1.78. The quantitative estimate of drug-likeness (QED) is 0.745. The molecule has 2 rings (SSSR count). The third-order valence-electron chi connectivity index (χ3n) is 2.99. The van der Waals surface area contributed by atoms with Crippen molar-refractivity contribution in [2.24, 2.45) is 7.05 Å². The van der Waals surface area contributed by atoms with Gasteiger partial charge in [-0.15, -0.1) is 0 Å². The van der Waals surface area contributed by atoms with E-state index in [-0.39, 0.29) is 5.91 Å². The number of nitrogens with zero attached hydrogens (tertiary/aromatic N) is 3. The minimum atomic E-state index is -0.202. The van der Waals surface area contributed by atoms with Gasteiger partial charge in [0.2, 0.25) is 0 Å². The number of amides is 1. The van der Waals surface area contributed by atoms with E-state index < -0.39 is 0 Å². The van der Waals surface area contributed by atoms with Crippen molar-refractivity contribution in [3.63, 3.8) is 0 Å². The summed E-state index contributed by atoms with van der Waals surface area (Å²) >= 11 is 0. The average Bonchev–Trinajstić information content (AvgIpc) is 3.04. The van der Waals surface area contributed by atoms with Crippen LogP contribution in [0.3, 0.4) is 0 Å². The number of hydrogen-bond acceptors (Lipinski definition) is 4. The van der Waals surface area contributed by atoms with E-state index in [1.807, 2.05) is 0 Å². The molecule has 0 aliphatic heterocycles. The number of aryl methyl sites for hydroxylation is 1. The highest BCUT2D eigenvalue weighted by Crippen LogP contribution is 2.24. The normalized spacial score (nSPS) is 15.2. The number of carbonyl (C=O) groups is 1. The summed E-state index contributed by atoms with van der Waals surface area (Å²) in [5, 5.41) is 6.85. The van der Waals surface area contributed by atoms with Crippen molar-refractivity contribution in [3.8, 4) is 0 Å². The number of anilines is 1. The van der Waals surface area contributed by atoms with Crippen LogP contribution in [0.15, 0.2) is 6.20 Å². The molecule has 1 aliphatic carbocycles. The van der Waals surface area contributed by atoms with Gasteiger partial charge in [-0.1, -0.05) is 0 Å². The van der Waals surface area contributed by atoms with E-state index in [9.17, 15) is 4.79 Å². The number of hydrogen-bond donors (Lipinski definition) is 2. The molecule has 0 radical (unpaired) electrons. The molecule has 1 fully saturated rings. The van der Waals surface area contributed by atoms with Gasteiger partial charge in [-0.2, -0.15) is 5.10 Å². The zero-order valence-corrected chi connectivity index (χ0v) is 10.3. The van der Waals surface area contributed by atoms with Gasteiger partial charge >= 0.3 is 0 Å². The van der Waals surface area contributed by atoms with Crippen LogP contribution in [0.5, 0.6) is 0 Å². The molecule has 1 aromatic heterocycles. The van der Waals surface area contributed by atoms with Crippen molar-refractivity contribution in [1.82, 2.24) is 20.0 Å². The maximum atomic E-state index is 11.8. The predicted octanol–water partition coefficient (Wildman–Crippen LogP) is -0.174. The summed E-state index contributed by atoms with van der Waals surface area (Å²) in [5.41, 5.74) is 6.40. The zero-order chi connectivity index (χ0) is 12.4. The lowest BCUT2D eigenvalue weighted by Crippen LogP contribution is -2.34. The number of carbonyl (C=O) groups excluding carboxylic acids is 1. The van der Waals surface area contributed by atoms with E-state index in [0.29, 0.717) is 24.0 Å². The second-order valence-electron chi connectivity index (χ2n) is 4.57. The Bertz CT molecular complexity index is 410. The van der Waals surface area contributed by atoms with Crippen LogP contribution in [-0.2, 0) is 7.05 Å². The highest BCUT2D eigenvalue weighted by Gasteiger charge is 2.25. The van der Waals surface area contributed by atoms with Crippen LogP contribution in [0.25, 0.3) is 0 Å². The summed E-state index contributed by atoms with van der Waals surface area (Å²) in [4.78, 5) is 14.0. The van der Waals surface area contributed by atoms with Crippen LogP contribution in [0.2, 0.25) is 0 Å². The van der Waals surface area contributed by atoms with E-state index in [1.54, 1.807) is 17.9 Å². The lowest BCUT2D eigenvalue weighted by molar-refractivity contribution is 0.0944. The second kappa shape index (κ2) is 4.75. The van der Waals surface area contributed by atoms with Crippen LogP contribution < -0.4 is 11.1 Å². The Morgan fingerprint density at radius 1 is 1.71 bits per heavy atom. The van der Waals surface area contributed by atoms with Crippen LogP contribution >= 0.6 is 0 Å². The highest BCUT2D eigenvalue weighted by molar-refractivity contribution is 5.96. The Hall–Kier alpha value is -1.56. The van der Waals surface area contributed by atoms with Gasteiger partial charge in [-0.3, -0.25) is 9.48 Å². The Morgan fingerprint density at radius 3 is 2.94 bits per heavy atom. The van der Waals surface area contributed by atoms with Gasteiger partial charge in [0.05, 0.1) is 5.69 Å². The number of likely N-dealkylation sites (N-methyl/N-ethyl adjacent to an activating group) is 1. The summed E-state index contributed by atoms with van der Waals surface area (Å²) < 4.78 is 1.54. The van der Waals surface area contributed by atoms with Crippen LogP contribution in [0.4, 0.5) is 5.69 Å². The fourth-order valence-corrected chi connectivity index (χ4v) is 1.81. The first kappa shape index (κ1) is 11.9. The molecule has 0 unspecified atom stereocenters. The minimum Gasteiger partial charge on any atom is -0.396 e. The number of aromatic nitrogens is 2. The molecule has 0 aromatic carbocycles. The van der Waals surface area contributed by atoms with Gasteiger partial charge in [0.15, 0.2) is 5.69 Å². The molecule has 1 saturated carbocycles. The SMILES string of the molecule is CN(CCNC(=O)c1nn(C)cc1N)C1CC1. The van der Waals surface area contributed by atoms with E-state index in [0.717, 1.165) is 6.54 Å². The molecule has 0 bridgehead atoms. The molecule has 0 saturated heterocycles. The molecule has 0 spiro atoms. The van der Waals surface area contributed by atoms with Gasteiger partial charge in [0.25, 0.3) is 5.91 Å². The Morgan fingerprint density at radius 2 is 2.41 bits per heavy atom. The number of nitrogens with one attached hydrogen (secondary N) is 1. The zero-order valence-electron chi connectivity index (χ0n) is 10.3. The standard InChI is InChI=1S/C11H19N5O/c1-15(8-3-4-8)6-5-13-11(17)10-9(12)7-16(2)14-10/h7-8H,3-6,12H2,1-2H3,(H,13,17). The lowest BCUT2D eigenvalue weighted by atomic mass is 10.3. The fraction of sp³-hybridized carbons (Fsp3) is 0.636. The average molecular weight is 237 g/mol. The number of rotatable bonds is 5. The third-order valence-corrected chi connectivity index (χ3v) is 2.99. The first-order chi connectivity index (χ1) is 8.08. The van der Waals surface area contributed by atoms with Gasteiger partial charge in [0.1, 0.15) is 0 Å². The van der Waals surface area contributed by atoms with Crippen LogP contribution in [0, 0.1) is 0 Å². The largest absolute Gasteiger partial charge is 0.396 e. The van der Waals surface area contributed by atoms with Crippen molar-refractivity contribution >= 4 is 11.6 Å².